The minimum Gasteiger partial charge on any atom is -0.322 e. The van der Waals surface area contributed by atoms with Crippen molar-refractivity contribution >= 4 is 17.7 Å². The number of hydrogen-bond donors (Lipinski definition) is 1. The van der Waals surface area contributed by atoms with Crippen molar-refractivity contribution in [1.29, 1.82) is 0 Å². The lowest BCUT2D eigenvalue weighted by Gasteiger charge is -2.36. The van der Waals surface area contributed by atoms with Crippen molar-refractivity contribution in [2.45, 2.75) is 64.7 Å². The second kappa shape index (κ2) is 5.41. The molecule has 0 spiro atoms. The van der Waals surface area contributed by atoms with Crippen molar-refractivity contribution in [3.63, 3.8) is 0 Å². The predicted octanol–water partition coefficient (Wildman–Crippen LogP) is 2.46. The largest absolute Gasteiger partial charge is 0.322 e. The van der Waals surface area contributed by atoms with Crippen molar-refractivity contribution < 1.29 is 4.79 Å². The van der Waals surface area contributed by atoms with Crippen molar-refractivity contribution in [1.82, 2.24) is 10.2 Å². The Balaban J connectivity index is 2.21. The van der Waals surface area contributed by atoms with Gasteiger partial charge in [-0.1, -0.05) is 20.8 Å². The summed E-state index contributed by atoms with van der Waals surface area (Å²) >= 11 is 2.02. The molecule has 0 saturated carbocycles. The van der Waals surface area contributed by atoms with E-state index in [0.717, 1.165) is 19.3 Å². The van der Waals surface area contributed by atoms with E-state index in [4.69, 9.17) is 0 Å². The molecule has 0 bridgehead atoms. The number of thioether (sulfide) groups is 1. The molecule has 2 aliphatic rings. The van der Waals surface area contributed by atoms with E-state index in [1.54, 1.807) is 0 Å². The van der Waals surface area contributed by atoms with Crippen LogP contribution >= 0.6 is 11.8 Å². The van der Waals surface area contributed by atoms with E-state index in [2.05, 4.69) is 37.9 Å². The third-order valence-corrected chi connectivity index (χ3v) is 5.44. The fourth-order valence-corrected chi connectivity index (χ4v) is 4.05. The molecular formula is C14H26N2OS. The Morgan fingerprint density at radius 2 is 2.06 bits per heavy atom. The van der Waals surface area contributed by atoms with Gasteiger partial charge in [-0.25, -0.2) is 0 Å². The third-order valence-electron chi connectivity index (χ3n) is 4.40. The monoisotopic (exact) mass is 270 g/mol. The smallest absolute Gasteiger partial charge is 0.244 e. The maximum absolute atomic E-state index is 12.7. The Bertz CT molecular complexity index is 315. The number of carbonyl (C=O) groups excluding carboxylic acids is 1. The van der Waals surface area contributed by atoms with Crippen LogP contribution < -0.4 is 5.32 Å². The molecule has 3 nitrogen and oxygen atoms in total. The standard InChI is InChI=1S/C14H26N2OS/c1-5-14(4)13(17)16(12(15-14)10(2)3)11-6-8-18-9-7-11/h10-12,15H,5-9H2,1-4H3. The zero-order valence-electron chi connectivity index (χ0n) is 12.0. The van der Waals surface area contributed by atoms with Gasteiger partial charge in [-0.15, -0.1) is 0 Å². The molecule has 2 saturated heterocycles. The number of nitrogens with zero attached hydrogens (tertiary/aromatic N) is 1. The molecule has 0 radical (unpaired) electrons. The van der Waals surface area contributed by atoms with Crippen LogP contribution in [0.4, 0.5) is 0 Å². The first-order valence-electron chi connectivity index (χ1n) is 7.18. The maximum Gasteiger partial charge on any atom is 0.244 e. The second-order valence-corrected chi connectivity index (χ2v) is 7.30. The molecule has 2 rings (SSSR count). The Morgan fingerprint density at radius 3 is 2.56 bits per heavy atom. The Kier molecular flexibility index (Phi) is 4.27. The number of nitrogens with one attached hydrogen (secondary N) is 1. The van der Waals surface area contributed by atoms with E-state index in [9.17, 15) is 4.79 Å². The fraction of sp³-hybridized carbons (Fsp3) is 0.929. The van der Waals surface area contributed by atoms with Crippen molar-refractivity contribution in [3.05, 3.63) is 0 Å². The summed E-state index contributed by atoms with van der Waals surface area (Å²) in [5.74, 6) is 3.18. The van der Waals surface area contributed by atoms with Gasteiger partial charge in [-0.05, 0) is 43.6 Å². The van der Waals surface area contributed by atoms with E-state index in [1.165, 1.54) is 11.5 Å². The van der Waals surface area contributed by atoms with Crippen LogP contribution in [0.1, 0.15) is 47.0 Å². The minimum absolute atomic E-state index is 0.218. The van der Waals surface area contributed by atoms with Crippen LogP contribution in [0.25, 0.3) is 0 Å². The highest BCUT2D eigenvalue weighted by Gasteiger charge is 2.49. The number of carbonyl (C=O) groups is 1. The van der Waals surface area contributed by atoms with Crippen molar-refractivity contribution in [2.75, 3.05) is 11.5 Å². The summed E-state index contributed by atoms with van der Waals surface area (Å²) in [7, 11) is 0. The van der Waals surface area contributed by atoms with Gasteiger partial charge in [-0.2, -0.15) is 11.8 Å². The highest BCUT2D eigenvalue weighted by molar-refractivity contribution is 7.99. The van der Waals surface area contributed by atoms with Crippen LogP contribution in [-0.2, 0) is 4.79 Å². The van der Waals surface area contributed by atoms with E-state index < -0.39 is 0 Å². The van der Waals surface area contributed by atoms with Gasteiger partial charge in [0.25, 0.3) is 0 Å². The van der Waals surface area contributed by atoms with Crippen molar-refractivity contribution in [3.8, 4) is 0 Å². The lowest BCUT2D eigenvalue weighted by molar-refractivity contribution is -0.135. The van der Waals surface area contributed by atoms with Gasteiger partial charge >= 0.3 is 0 Å². The van der Waals surface area contributed by atoms with Gasteiger partial charge in [0, 0.05) is 6.04 Å². The zero-order valence-corrected chi connectivity index (χ0v) is 12.8. The number of amides is 1. The molecule has 2 heterocycles. The first-order chi connectivity index (χ1) is 8.49. The van der Waals surface area contributed by atoms with Crippen LogP contribution in [0.3, 0.4) is 0 Å². The summed E-state index contributed by atoms with van der Waals surface area (Å²) in [6.45, 7) is 8.57. The SMILES string of the molecule is CCC1(C)NC(C(C)C)N(C2CCSCC2)C1=O. The molecule has 0 aromatic rings. The van der Waals surface area contributed by atoms with Gasteiger partial charge in [0.1, 0.15) is 0 Å². The summed E-state index contributed by atoms with van der Waals surface area (Å²) in [5.41, 5.74) is -0.348. The molecule has 0 aromatic heterocycles. The second-order valence-electron chi connectivity index (χ2n) is 6.07. The number of hydrogen-bond acceptors (Lipinski definition) is 3. The van der Waals surface area contributed by atoms with Gasteiger partial charge in [0.2, 0.25) is 5.91 Å². The molecule has 2 aliphatic heterocycles. The summed E-state index contributed by atoms with van der Waals surface area (Å²) < 4.78 is 0. The topological polar surface area (TPSA) is 32.3 Å². The molecule has 4 heteroatoms. The van der Waals surface area contributed by atoms with Crippen LogP contribution in [-0.4, -0.2) is 40.1 Å². The first-order valence-corrected chi connectivity index (χ1v) is 8.33. The molecule has 2 atom stereocenters. The summed E-state index contributed by atoms with van der Waals surface area (Å²) in [6.07, 6.45) is 3.39. The van der Waals surface area contributed by atoms with Crippen LogP contribution in [0.15, 0.2) is 0 Å². The van der Waals surface area contributed by atoms with Gasteiger partial charge in [0.05, 0.1) is 11.7 Å². The average Bonchev–Trinajstić information content (AvgIpc) is 2.64. The summed E-state index contributed by atoms with van der Waals surface area (Å²) in [6, 6.07) is 0.451. The highest BCUT2D eigenvalue weighted by Crippen LogP contribution is 2.33. The first kappa shape index (κ1) is 14.2. The molecule has 2 unspecified atom stereocenters. The predicted molar refractivity (Wildman–Crippen MR) is 77.7 cm³/mol. The average molecular weight is 270 g/mol. The molecule has 18 heavy (non-hydrogen) atoms. The van der Waals surface area contributed by atoms with E-state index in [-0.39, 0.29) is 11.7 Å². The summed E-state index contributed by atoms with van der Waals surface area (Å²) in [5, 5.41) is 3.58. The molecule has 0 aromatic carbocycles. The van der Waals surface area contributed by atoms with Gasteiger partial charge < -0.3 is 4.90 Å². The maximum atomic E-state index is 12.7. The lowest BCUT2D eigenvalue weighted by atomic mass is 9.98. The van der Waals surface area contributed by atoms with Crippen molar-refractivity contribution in [2.24, 2.45) is 5.92 Å². The molecule has 0 aliphatic carbocycles. The van der Waals surface area contributed by atoms with E-state index >= 15 is 0 Å². The minimum atomic E-state index is -0.348. The molecule has 2 fully saturated rings. The molecular weight excluding hydrogens is 244 g/mol. The Labute approximate surface area is 115 Å². The zero-order chi connectivity index (χ0) is 13.3. The van der Waals surface area contributed by atoms with Crippen LogP contribution in [0, 0.1) is 5.92 Å². The van der Waals surface area contributed by atoms with E-state index in [0.29, 0.717) is 17.9 Å². The Hall–Kier alpha value is -0.220. The van der Waals surface area contributed by atoms with Gasteiger partial charge in [0.15, 0.2) is 0 Å². The number of rotatable bonds is 3. The molecule has 104 valence electrons. The summed E-state index contributed by atoms with van der Waals surface area (Å²) in [4.78, 5) is 14.9. The molecule has 1 N–H and O–H groups in total. The normalized spacial score (nSPS) is 34.6. The third kappa shape index (κ3) is 2.42. The highest BCUT2D eigenvalue weighted by atomic mass is 32.2. The Morgan fingerprint density at radius 1 is 1.44 bits per heavy atom. The van der Waals surface area contributed by atoms with E-state index in [1.807, 2.05) is 11.8 Å². The lowest BCUT2D eigenvalue weighted by Crippen LogP contribution is -2.48. The van der Waals surface area contributed by atoms with Crippen LogP contribution in [0.5, 0.6) is 0 Å². The molecule has 1 amide bonds. The quantitative estimate of drug-likeness (QED) is 0.855. The van der Waals surface area contributed by atoms with Gasteiger partial charge in [-0.3, -0.25) is 10.1 Å². The van der Waals surface area contributed by atoms with Crippen LogP contribution in [0.2, 0.25) is 0 Å². The fourth-order valence-electron chi connectivity index (χ4n) is 2.97.